The highest BCUT2D eigenvalue weighted by Gasteiger charge is 2.23. The van der Waals surface area contributed by atoms with Crippen molar-refractivity contribution < 1.29 is 9.47 Å². The number of epoxide rings is 1. The van der Waals surface area contributed by atoms with E-state index < -0.39 is 0 Å². The Kier molecular flexibility index (Phi) is 2.50. The van der Waals surface area contributed by atoms with E-state index in [0.717, 1.165) is 12.4 Å². The van der Waals surface area contributed by atoms with Crippen LogP contribution in [0.4, 0.5) is 0 Å². The first-order valence-electron chi connectivity index (χ1n) is 4.66. The third-order valence-electron chi connectivity index (χ3n) is 2.05. The number of rotatable bonds is 3. The Bertz CT molecular complexity index is 259. The van der Waals surface area contributed by atoms with Gasteiger partial charge in [0.15, 0.2) is 0 Å². The van der Waals surface area contributed by atoms with E-state index in [2.05, 4.69) is 19.1 Å². The van der Waals surface area contributed by atoms with Crippen LogP contribution in [0, 0.1) is 5.92 Å². The fraction of sp³-hybridized carbons (Fsp3) is 0.455. The van der Waals surface area contributed by atoms with Gasteiger partial charge in [-0.05, 0) is 18.1 Å². The number of ether oxygens (including phenoxy) is 2. The van der Waals surface area contributed by atoms with Gasteiger partial charge >= 0.3 is 0 Å². The Balaban J connectivity index is 1.88. The molecule has 2 atom stereocenters. The van der Waals surface area contributed by atoms with Crippen molar-refractivity contribution in [2.75, 3.05) is 13.2 Å². The van der Waals surface area contributed by atoms with Crippen LogP contribution in [0.3, 0.4) is 0 Å². The highest BCUT2D eigenvalue weighted by molar-refractivity contribution is 5.23. The molecule has 1 aliphatic carbocycles. The van der Waals surface area contributed by atoms with Crippen molar-refractivity contribution in [2.45, 2.75) is 13.0 Å². The van der Waals surface area contributed by atoms with Crippen molar-refractivity contribution in [1.29, 1.82) is 0 Å². The molecule has 1 aliphatic heterocycles. The molecule has 1 fully saturated rings. The number of hydrogen-bond donors (Lipinski definition) is 0. The first-order chi connectivity index (χ1) is 6.34. The van der Waals surface area contributed by atoms with E-state index in [1.54, 1.807) is 0 Å². The molecule has 2 aliphatic rings. The average molecular weight is 178 g/mol. The predicted molar refractivity (Wildman–Crippen MR) is 51.2 cm³/mol. The number of allylic oxidation sites excluding steroid dienone is 5. The second-order valence-electron chi connectivity index (χ2n) is 3.44. The lowest BCUT2D eigenvalue weighted by Crippen LogP contribution is -2.00. The summed E-state index contributed by atoms with van der Waals surface area (Å²) >= 11 is 0. The third-order valence-corrected chi connectivity index (χ3v) is 2.05. The van der Waals surface area contributed by atoms with Gasteiger partial charge in [-0.3, -0.25) is 0 Å². The van der Waals surface area contributed by atoms with Crippen molar-refractivity contribution in [1.82, 2.24) is 0 Å². The molecule has 0 N–H and O–H groups in total. The molecule has 0 aromatic rings. The maximum atomic E-state index is 5.57. The fourth-order valence-corrected chi connectivity index (χ4v) is 1.21. The Labute approximate surface area is 78.5 Å². The molecule has 0 aromatic carbocycles. The predicted octanol–water partition coefficient (Wildman–Crippen LogP) is 2.05. The molecular formula is C11H14O2. The van der Waals surface area contributed by atoms with Crippen LogP contribution in [0.5, 0.6) is 0 Å². The molecule has 1 saturated heterocycles. The zero-order valence-corrected chi connectivity index (χ0v) is 7.77. The summed E-state index contributed by atoms with van der Waals surface area (Å²) in [5.74, 6) is 1.40. The molecule has 0 amide bonds. The van der Waals surface area contributed by atoms with Crippen LogP contribution in [-0.4, -0.2) is 19.3 Å². The van der Waals surface area contributed by atoms with E-state index >= 15 is 0 Å². The van der Waals surface area contributed by atoms with Crippen LogP contribution in [0.1, 0.15) is 6.92 Å². The topological polar surface area (TPSA) is 21.8 Å². The monoisotopic (exact) mass is 178 g/mol. The summed E-state index contributed by atoms with van der Waals surface area (Å²) in [5, 5.41) is 0. The summed E-state index contributed by atoms with van der Waals surface area (Å²) in [6.07, 6.45) is 10.6. The lowest BCUT2D eigenvalue weighted by Gasteiger charge is -2.05. The van der Waals surface area contributed by atoms with E-state index in [1.807, 2.05) is 18.2 Å². The van der Waals surface area contributed by atoms with E-state index in [0.29, 0.717) is 18.6 Å². The SMILES string of the molecule is CC1C=CC=CC(OCC2CO2)=C1. The lowest BCUT2D eigenvalue weighted by atomic mass is 10.1. The molecule has 0 radical (unpaired) electrons. The summed E-state index contributed by atoms with van der Waals surface area (Å²) in [6.45, 7) is 3.67. The molecule has 70 valence electrons. The minimum Gasteiger partial charge on any atom is -0.491 e. The third kappa shape index (κ3) is 2.74. The quantitative estimate of drug-likeness (QED) is 0.617. The molecule has 0 bridgehead atoms. The maximum absolute atomic E-state index is 5.57. The maximum Gasteiger partial charge on any atom is 0.117 e. The highest BCUT2D eigenvalue weighted by atomic mass is 16.6. The molecule has 0 saturated carbocycles. The second kappa shape index (κ2) is 3.79. The number of hydrogen-bond acceptors (Lipinski definition) is 2. The summed E-state index contributed by atoms with van der Waals surface area (Å²) in [6, 6.07) is 0. The van der Waals surface area contributed by atoms with Gasteiger partial charge in [0.05, 0.1) is 6.61 Å². The second-order valence-corrected chi connectivity index (χ2v) is 3.44. The minimum absolute atomic E-state index is 0.334. The first-order valence-corrected chi connectivity index (χ1v) is 4.66. The highest BCUT2D eigenvalue weighted by Crippen LogP contribution is 2.15. The van der Waals surface area contributed by atoms with Crippen LogP contribution < -0.4 is 0 Å². The smallest absolute Gasteiger partial charge is 0.117 e. The van der Waals surface area contributed by atoms with Gasteiger partial charge in [0.2, 0.25) is 0 Å². The van der Waals surface area contributed by atoms with Gasteiger partial charge in [-0.25, -0.2) is 0 Å². The summed E-state index contributed by atoms with van der Waals surface area (Å²) in [4.78, 5) is 0. The molecule has 2 heteroatoms. The zero-order chi connectivity index (χ0) is 9.10. The van der Waals surface area contributed by atoms with Crippen molar-refractivity contribution >= 4 is 0 Å². The van der Waals surface area contributed by atoms with Crippen LogP contribution in [0.25, 0.3) is 0 Å². The van der Waals surface area contributed by atoms with Crippen molar-refractivity contribution in [3.63, 3.8) is 0 Å². The van der Waals surface area contributed by atoms with E-state index in [1.165, 1.54) is 0 Å². The standard InChI is InChI=1S/C11H14O2/c1-9-4-2-3-5-10(6-9)12-7-11-8-13-11/h2-6,9,11H,7-8H2,1H3. The van der Waals surface area contributed by atoms with E-state index in [9.17, 15) is 0 Å². The molecule has 1 heterocycles. The summed E-state index contributed by atoms with van der Waals surface area (Å²) in [7, 11) is 0. The molecule has 13 heavy (non-hydrogen) atoms. The largest absolute Gasteiger partial charge is 0.491 e. The Morgan fingerprint density at radius 1 is 1.54 bits per heavy atom. The van der Waals surface area contributed by atoms with Crippen LogP contribution >= 0.6 is 0 Å². The van der Waals surface area contributed by atoms with Gasteiger partial charge in [-0.2, -0.15) is 0 Å². The molecule has 2 unspecified atom stereocenters. The van der Waals surface area contributed by atoms with Gasteiger partial charge in [-0.1, -0.05) is 25.2 Å². The first kappa shape index (κ1) is 8.57. The van der Waals surface area contributed by atoms with Crippen LogP contribution in [0.2, 0.25) is 0 Å². The van der Waals surface area contributed by atoms with Crippen molar-refractivity contribution in [3.05, 3.63) is 36.1 Å². The van der Waals surface area contributed by atoms with E-state index in [4.69, 9.17) is 9.47 Å². The van der Waals surface area contributed by atoms with Crippen molar-refractivity contribution in [3.8, 4) is 0 Å². The molecule has 2 nitrogen and oxygen atoms in total. The molecular weight excluding hydrogens is 164 g/mol. The molecule has 0 spiro atoms. The Hall–Kier alpha value is -1.02. The van der Waals surface area contributed by atoms with Gasteiger partial charge in [0.1, 0.15) is 18.5 Å². The Morgan fingerprint density at radius 3 is 3.15 bits per heavy atom. The van der Waals surface area contributed by atoms with Crippen LogP contribution in [0.15, 0.2) is 36.1 Å². The fourth-order valence-electron chi connectivity index (χ4n) is 1.21. The summed E-state index contributed by atoms with van der Waals surface area (Å²) < 4.78 is 10.6. The average Bonchev–Trinajstić information content (AvgIpc) is 2.88. The lowest BCUT2D eigenvalue weighted by molar-refractivity contribution is 0.191. The molecule has 2 rings (SSSR count). The van der Waals surface area contributed by atoms with Gasteiger partial charge < -0.3 is 9.47 Å². The van der Waals surface area contributed by atoms with Crippen LogP contribution in [-0.2, 0) is 9.47 Å². The molecule has 0 aromatic heterocycles. The summed E-state index contributed by atoms with van der Waals surface area (Å²) in [5.41, 5.74) is 0. The van der Waals surface area contributed by atoms with Gasteiger partial charge in [-0.15, -0.1) is 0 Å². The van der Waals surface area contributed by atoms with E-state index in [-0.39, 0.29) is 0 Å². The minimum atomic E-state index is 0.334. The Morgan fingerprint density at radius 2 is 2.38 bits per heavy atom. The normalized spacial score (nSPS) is 31.0. The van der Waals surface area contributed by atoms with Crippen molar-refractivity contribution in [2.24, 2.45) is 5.92 Å². The van der Waals surface area contributed by atoms with Gasteiger partial charge in [0.25, 0.3) is 0 Å². The van der Waals surface area contributed by atoms with Gasteiger partial charge in [0, 0.05) is 0 Å². The zero-order valence-electron chi connectivity index (χ0n) is 7.77.